The third kappa shape index (κ3) is 8.36. The fraction of sp³-hybridized carbons (Fsp3) is 0.419. The summed E-state index contributed by atoms with van der Waals surface area (Å²) in [4.78, 5) is 20.0. The zero-order valence-electron chi connectivity index (χ0n) is 23.4. The lowest BCUT2D eigenvalue weighted by Crippen LogP contribution is -2.43. The summed E-state index contributed by atoms with van der Waals surface area (Å²) in [6.07, 6.45) is 3.69. The van der Waals surface area contributed by atoms with Crippen molar-refractivity contribution in [1.82, 2.24) is 9.88 Å². The van der Waals surface area contributed by atoms with E-state index in [1.807, 2.05) is 79.4 Å². The Morgan fingerprint density at radius 3 is 2.50 bits per heavy atom. The van der Waals surface area contributed by atoms with Gasteiger partial charge in [0.1, 0.15) is 11.5 Å². The van der Waals surface area contributed by atoms with Crippen molar-refractivity contribution in [3.05, 3.63) is 95.2 Å². The number of anilines is 1. The molecular formula is C31H40N4O4S. The molecule has 0 spiro atoms. The van der Waals surface area contributed by atoms with Crippen LogP contribution in [-0.4, -0.2) is 48.7 Å². The highest BCUT2D eigenvalue weighted by molar-refractivity contribution is 7.92. The number of sulfonamides is 1. The molecule has 1 aliphatic heterocycles. The summed E-state index contributed by atoms with van der Waals surface area (Å²) in [5.74, 6) is -0.117. The van der Waals surface area contributed by atoms with Crippen LogP contribution in [0.15, 0.2) is 72.8 Å². The highest BCUT2D eigenvalue weighted by Gasteiger charge is 2.31. The van der Waals surface area contributed by atoms with Crippen LogP contribution in [0, 0.1) is 0 Å². The summed E-state index contributed by atoms with van der Waals surface area (Å²) in [6.45, 7) is 4.93. The topological polar surface area (TPSA) is 115 Å². The fourth-order valence-corrected chi connectivity index (χ4v) is 6.26. The van der Waals surface area contributed by atoms with E-state index in [0.29, 0.717) is 24.9 Å². The molecule has 1 saturated heterocycles. The largest absolute Gasteiger partial charge is 0.375 e. The maximum atomic E-state index is 13.7. The lowest BCUT2D eigenvalue weighted by Gasteiger charge is -2.26. The van der Waals surface area contributed by atoms with Crippen LogP contribution < -0.4 is 10.5 Å². The Morgan fingerprint density at radius 1 is 1.10 bits per heavy atom. The van der Waals surface area contributed by atoms with Gasteiger partial charge in [-0.05, 0) is 61.4 Å². The van der Waals surface area contributed by atoms with E-state index in [4.69, 9.17) is 10.5 Å². The van der Waals surface area contributed by atoms with Crippen molar-refractivity contribution in [2.45, 2.75) is 64.1 Å². The SMILES string of the molecule is CCCCS(=O)(=O)Nc1cc(COCC(C)(N)Cc2ccccc2)cc(C(=O)N2CCCC2c2ccccc2)n1. The van der Waals surface area contributed by atoms with Gasteiger partial charge in [0.05, 0.1) is 25.0 Å². The number of aromatic nitrogens is 1. The van der Waals surface area contributed by atoms with Gasteiger partial charge in [-0.3, -0.25) is 9.52 Å². The smallest absolute Gasteiger partial charge is 0.273 e. The van der Waals surface area contributed by atoms with Crippen LogP contribution in [0.1, 0.15) is 72.8 Å². The molecule has 0 radical (unpaired) electrons. The van der Waals surface area contributed by atoms with E-state index < -0.39 is 15.6 Å². The van der Waals surface area contributed by atoms with Gasteiger partial charge in [0, 0.05) is 12.1 Å². The van der Waals surface area contributed by atoms with Crippen LogP contribution >= 0.6 is 0 Å². The molecule has 1 aromatic heterocycles. The number of hydrogen-bond acceptors (Lipinski definition) is 6. The molecule has 1 aliphatic rings. The molecule has 2 aromatic carbocycles. The fourth-order valence-electron chi connectivity index (χ4n) is 5.07. The molecule has 2 unspecified atom stereocenters. The predicted octanol–water partition coefficient (Wildman–Crippen LogP) is 5.08. The van der Waals surface area contributed by atoms with Crippen LogP contribution in [0.3, 0.4) is 0 Å². The number of ether oxygens (including phenoxy) is 1. The molecule has 0 saturated carbocycles. The average Bonchev–Trinajstić information content (AvgIpc) is 3.42. The minimum atomic E-state index is -3.61. The molecule has 1 amide bonds. The molecule has 4 rings (SSSR count). The number of carbonyl (C=O) groups excluding carboxylic acids is 1. The number of pyridine rings is 1. The van der Waals surface area contributed by atoms with Crippen molar-refractivity contribution >= 4 is 21.7 Å². The van der Waals surface area contributed by atoms with Crippen molar-refractivity contribution < 1.29 is 17.9 Å². The maximum Gasteiger partial charge on any atom is 0.273 e. The summed E-state index contributed by atoms with van der Waals surface area (Å²) in [5.41, 5.74) is 8.95. The van der Waals surface area contributed by atoms with E-state index in [2.05, 4.69) is 9.71 Å². The van der Waals surface area contributed by atoms with Gasteiger partial charge in [-0.15, -0.1) is 0 Å². The highest BCUT2D eigenvalue weighted by atomic mass is 32.2. The van der Waals surface area contributed by atoms with E-state index >= 15 is 0 Å². The van der Waals surface area contributed by atoms with Crippen LogP contribution in [0.4, 0.5) is 5.82 Å². The number of likely N-dealkylation sites (tertiary alicyclic amines) is 1. The summed E-state index contributed by atoms with van der Waals surface area (Å²) < 4.78 is 33.9. The Kier molecular flexibility index (Phi) is 9.95. The van der Waals surface area contributed by atoms with E-state index in [1.54, 1.807) is 12.1 Å². The molecule has 9 heteroatoms. The zero-order valence-corrected chi connectivity index (χ0v) is 24.2. The molecule has 8 nitrogen and oxygen atoms in total. The molecule has 3 aromatic rings. The average molecular weight is 565 g/mol. The van der Waals surface area contributed by atoms with Gasteiger partial charge >= 0.3 is 0 Å². The number of amides is 1. The highest BCUT2D eigenvalue weighted by Crippen LogP contribution is 2.33. The predicted molar refractivity (Wildman–Crippen MR) is 158 cm³/mol. The molecule has 40 heavy (non-hydrogen) atoms. The number of rotatable bonds is 13. The van der Waals surface area contributed by atoms with E-state index in [-0.39, 0.29) is 42.4 Å². The van der Waals surface area contributed by atoms with Crippen molar-refractivity contribution in [2.24, 2.45) is 5.73 Å². The zero-order chi connectivity index (χ0) is 28.6. The van der Waals surface area contributed by atoms with Crippen LogP contribution in [0.5, 0.6) is 0 Å². The van der Waals surface area contributed by atoms with Crippen LogP contribution in [0.25, 0.3) is 0 Å². The third-order valence-corrected chi connectivity index (χ3v) is 8.33. The molecular weight excluding hydrogens is 524 g/mol. The Labute approximate surface area is 238 Å². The molecule has 0 aliphatic carbocycles. The van der Waals surface area contributed by atoms with Gasteiger partial charge in [0.15, 0.2) is 0 Å². The van der Waals surface area contributed by atoms with E-state index in [0.717, 1.165) is 30.4 Å². The van der Waals surface area contributed by atoms with Gasteiger partial charge in [-0.25, -0.2) is 13.4 Å². The van der Waals surface area contributed by atoms with Crippen LogP contribution in [0.2, 0.25) is 0 Å². The normalized spacial score (nSPS) is 17.0. The number of nitrogens with zero attached hydrogens (tertiary/aromatic N) is 2. The Hall–Kier alpha value is -3.27. The first-order valence-corrected chi connectivity index (χ1v) is 15.6. The first kappa shape index (κ1) is 29.7. The Bertz CT molecular complexity index is 1360. The molecule has 3 N–H and O–H groups in total. The molecule has 1 fully saturated rings. The van der Waals surface area contributed by atoms with Gasteiger partial charge in [0.2, 0.25) is 10.0 Å². The number of benzene rings is 2. The van der Waals surface area contributed by atoms with Crippen molar-refractivity contribution in [3.8, 4) is 0 Å². The van der Waals surface area contributed by atoms with Crippen molar-refractivity contribution in [1.29, 1.82) is 0 Å². The quantitative estimate of drug-likeness (QED) is 0.299. The lowest BCUT2D eigenvalue weighted by molar-refractivity contribution is 0.0724. The summed E-state index contributed by atoms with van der Waals surface area (Å²) in [7, 11) is -3.61. The van der Waals surface area contributed by atoms with E-state index in [9.17, 15) is 13.2 Å². The second kappa shape index (κ2) is 13.4. The maximum absolute atomic E-state index is 13.7. The van der Waals surface area contributed by atoms with E-state index in [1.165, 1.54) is 0 Å². The van der Waals surface area contributed by atoms with Gasteiger partial charge in [0.25, 0.3) is 5.91 Å². The first-order chi connectivity index (χ1) is 19.2. The van der Waals surface area contributed by atoms with Gasteiger partial charge < -0.3 is 15.4 Å². The monoisotopic (exact) mass is 564 g/mol. The standard InChI is InChI=1S/C31H40N4O4S/c1-3-4-18-40(37,38)34-29-20-25(22-39-23-31(2,32)21-24-12-7-5-8-13-24)19-27(33-29)30(36)35-17-11-16-28(35)26-14-9-6-10-15-26/h5-10,12-15,19-20,28H,3-4,11,16-18,21-23,32H2,1-2H3,(H,33,34). The first-order valence-electron chi connectivity index (χ1n) is 13.9. The molecule has 2 atom stereocenters. The van der Waals surface area contributed by atoms with Crippen LogP contribution in [-0.2, 0) is 27.8 Å². The third-order valence-electron chi connectivity index (χ3n) is 6.98. The second-order valence-electron chi connectivity index (χ2n) is 10.9. The van der Waals surface area contributed by atoms with Crippen molar-refractivity contribution in [3.63, 3.8) is 0 Å². The number of nitrogens with one attached hydrogen (secondary N) is 1. The summed E-state index contributed by atoms with van der Waals surface area (Å²) in [6, 6.07) is 23.2. The Balaban J connectivity index is 1.53. The van der Waals surface area contributed by atoms with Gasteiger partial charge in [-0.2, -0.15) is 0 Å². The number of nitrogens with two attached hydrogens (primary N) is 1. The number of unbranched alkanes of at least 4 members (excludes halogenated alkanes) is 1. The molecule has 2 heterocycles. The Morgan fingerprint density at radius 2 is 1.80 bits per heavy atom. The lowest BCUT2D eigenvalue weighted by atomic mass is 9.95. The number of carbonyl (C=O) groups is 1. The second-order valence-corrected chi connectivity index (χ2v) is 12.7. The number of hydrogen-bond donors (Lipinski definition) is 2. The molecule has 0 bridgehead atoms. The minimum absolute atomic E-state index is 0.0115. The van der Waals surface area contributed by atoms with Gasteiger partial charge in [-0.1, -0.05) is 74.0 Å². The van der Waals surface area contributed by atoms with Crippen molar-refractivity contribution in [2.75, 3.05) is 23.6 Å². The summed E-state index contributed by atoms with van der Waals surface area (Å²) in [5, 5.41) is 0. The minimum Gasteiger partial charge on any atom is -0.375 e. The molecule has 214 valence electrons. The summed E-state index contributed by atoms with van der Waals surface area (Å²) >= 11 is 0.